The zero-order valence-electron chi connectivity index (χ0n) is 15.9. The number of benzene rings is 2. The topological polar surface area (TPSA) is 36.4 Å². The van der Waals surface area contributed by atoms with Gasteiger partial charge in [-0.25, -0.2) is 4.98 Å². The van der Waals surface area contributed by atoms with Gasteiger partial charge in [0, 0.05) is 23.1 Å². The Morgan fingerprint density at radius 3 is 2.41 bits per heavy atom. The molecular weight excluding hydrogens is 422 g/mol. The van der Waals surface area contributed by atoms with E-state index in [1.165, 1.54) is 0 Å². The average molecular weight is 446 g/mol. The van der Waals surface area contributed by atoms with Crippen molar-refractivity contribution in [2.75, 3.05) is 31.1 Å². The first kappa shape index (κ1) is 20.0. The summed E-state index contributed by atoms with van der Waals surface area (Å²) in [6, 6.07) is 13.7. The highest BCUT2D eigenvalue weighted by Crippen LogP contribution is 2.31. The van der Waals surface area contributed by atoms with Crippen LogP contribution in [-0.4, -0.2) is 42.0 Å². The predicted octanol–water partition coefficient (Wildman–Crippen LogP) is 5.36. The Kier molecular flexibility index (Phi) is 6.63. The number of para-hydroxylation sites is 1. The van der Waals surface area contributed by atoms with Crippen LogP contribution in [0.25, 0.3) is 10.2 Å². The van der Waals surface area contributed by atoms with Crippen molar-refractivity contribution in [1.29, 1.82) is 0 Å². The molecule has 0 saturated heterocycles. The molecule has 0 aliphatic carbocycles. The number of thiazole rings is 1. The summed E-state index contributed by atoms with van der Waals surface area (Å²) in [5.74, 6) is -0.00800. The van der Waals surface area contributed by atoms with Gasteiger partial charge in [-0.05, 0) is 55.9 Å². The molecule has 1 amide bonds. The minimum Gasteiger partial charge on any atom is -0.302 e. The van der Waals surface area contributed by atoms with Gasteiger partial charge in [0.2, 0.25) is 0 Å². The maximum atomic E-state index is 13.3. The van der Waals surface area contributed by atoms with Crippen LogP contribution in [0.1, 0.15) is 29.8 Å². The molecule has 0 aliphatic heterocycles. The van der Waals surface area contributed by atoms with Gasteiger partial charge in [-0.1, -0.05) is 53.2 Å². The lowest BCUT2D eigenvalue weighted by Crippen LogP contribution is -2.38. The molecule has 4 nitrogen and oxygen atoms in total. The molecule has 1 aromatic heterocycles. The highest BCUT2D eigenvalue weighted by molar-refractivity contribution is 9.10. The number of rotatable bonds is 7. The van der Waals surface area contributed by atoms with Gasteiger partial charge in [0.15, 0.2) is 5.13 Å². The molecule has 142 valence electrons. The van der Waals surface area contributed by atoms with Gasteiger partial charge in [0.25, 0.3) is 5.91 Å². The summed E-state index contributed by atoms with van der Waals surface area (Å²) >= 11 is 5.01. The molecule has 2 aromatic carbocycles. The number of nitrogens with zero attached hydrogens (tertiary/aromatic N) is 3. The Hall–Kier alpha value is -1.76. The Bertz CT molecular complexity index is 919. The second kappa shape index (κ2) is 8.95. The van der Waals surface area contributed by atoms with Gasteiger partial charge < -0.3 is 4.90 Å². The maximum Gasteiger partial charge on any atom is 0.260 e. The van der Waals surface area contributed by atoms with Crippen LogP contribution in [0.3, 0.4) is 0 Å². The van der Waals surface area contributed by atoms with Crippen LogP contribution in [0.2, 0.25) is 0 Å². The monoisotopic (exact) mass is 445 g/mol. The predicted molar refractivity (Wildman–Crippen MR) is 118 cm³/mol. The molecule has 1 heterocycles. The van der Waals surface area contributed by atoms with Crippen LogP contribution < -0.4 is 4.90 Å². The van der Waals surface area contributed by atoms with Gasteiger partial charge in [0.1, 0.15) is 0 Å². The second-order valence-electron chi connectivity index (χ2n) is 6.41. The van der Waals surface area contributed by atoms with Crippen molar-refractivity contribution >= 4 is 48.5 Å². The zero-order valence-corrected chi connectivity index (χ0v) is 18.3. The molecule has 0 bridgehead atoms. The van der Waals surface area contributed by atoms with Crippen molar-refractivity contribution in [3.8, 4) is 0 Å². The molecule has 27 heavy (non-hydrogen) atoms. The zero-order chi connectivity index (χ0) is 19.4. The van der Waals surface area contributed by atoms with E-state index >= 15 is 0 Å². The molecule has 0 spiro atoms. The molecule has 0 N–H and O–H groups in total. The fourth-order valence-electron chi connectivity index (χ4n) is 3.00. The number of aromatic nitrogens is 1. The number of carbonyl (C=O) groups excluding carboxylic acids is 1. The highest BCUT2D eigenvalue weighted by atomic mass is 79.9. The third kappa shape index (κ3) is 4.57. The summed E-state index contributed by atoms with van der Waals surface area (Å²) in [6.07, 6.45) is 0. The van der Waals surface area contributed by atoms with Crippen molar-refractivity contribution in [2.45, 2.75) is 20.8 Å². The SMILES string of the molecule is CCN(CC)CCN(C(=O)c1ccc(Br)cc1)c1nc2c(C)cccc2s1. The summed E-state index contributed by atoms with van der Waals surface area (Å²) in [4.78, 5) is 22.2. The van der Waals surface area contributed by atoms with E-state index in [9.17, 15) is 4.79 Å². The first-order valence-electron chi connectivity index (χ1n) is 9.19. The first-order chi connectivity index (χ1) is 13.0. The van der Waals surface area contributed by atoms with Gasteiger partial charge in [-0.2, -0.15) is 0 Å². The molecule has 6 heteroatoms. The number of hydrogen-bond acceptors (Lipinski definition) is 4. The Labute approximate surface area is 172 Å². The summed E-state index contributed by atoms with van der Waals surface area (Å²) in [7, 11) is 0. The molecule has 3 aromatic rings. The molecule has 0 saturated carbocycles. The van der Waals surface area contributed by atoms with Gasteiger partial charge in [-0.15, -0.1) is 0 Å². The number of hydrogen-bond donors (Lipinski definition) is 0. The number of halogens is 1. The van der Waals surface area contributed by atoms with Crippen LogP contribution >= 0.6 is 27.3 Å². The third-order valence-electron chi connectivity index (χ3n) is 4.71. The lowest BCUT2D eigenvalue weighted by atomic mass is 10.2. The normalized spacial score (nSPS) is 11.3. The molecule has 0 aliphatic rings. The minimum atomic E-state index is -0.00800. The largest absolute Gasteiger partial charge is 0.302 e. The Morgan fingerprint density at radius 1 is 1.07 bits per heavy atom. The van der Waals surface area contributed by atoms with Gasteiger partial charge in [-0.3, -0.25) is 9.69 Å². The van der Waals surface area contributed by atoms with Crippen LogP contribution in [0.5, 0.6) is 0 Å². The number of anilines is 1. The number of aryl methyl sites for hydroxylation is 1. The molecule has 0 atom stereocenters. The van der Waals surface area contributed by atoms with E-state index in [2.05, 4.69) is 53.7 Å². The molecule has 0 unspecified atom stereocenters. The summed E-state index contributed by atoms with van der Waals surface area (Å²) in [6.45, 7) is 9.73. The Balaban J connectivity index is 1.96. The van der Waals surface area contributed by atoms with E-state index in [0.29, 0.717) is 12.1 Å². The first-order valence-corrected chi connectivity index (χ1v) is 10.8. The smallest absolute Gasteiger partial charge is 0.260 e. The summed E-state index contributed by atoms with van der Waals surface area (Å²) in [5.41, 5.74) is 2.79. The van der Waals surface area contributed by atoms with E-state index in [1.54, 1.807) is 11.3 Å². The van der Waals surface area contributed by atoms with Crippen LogP contribution in [0.4, 0.5) is 5.13 Å². The number of amides is 1. The lowest BCUT2D eigenvalue weighted by molar-refractivity contribution is 0.0984. The quantitative estimate of drug-likeness (QED) is 0.491. The van der Waals surface area contributed by atoms with Gasteiger partial charge in [0.05, 0.1) is 10.2 Å². The fourth-order valence-corrected chi connectivity index (χ4v) is 4.34. The van der Waals surface area contributed by atoms with E-state index in [4.69, 9.17) is 4.98 Å². The van der Waals surface area contributed by atoms with Crippen LogP contribution in [0.15, 0.2) is 46.9 Å². The van der Waals surface area contributed by atoms with Crippen molar-refractivity contribution in [3.63, 3.8) is 0 Å². The lowest BCUT2D eigenvalue weighted by Gasteiger charge is -2.24. The van der Waals surface area contributed by atoms with Crippen molar-refractivity contribution in [3.05, 3.63) is 58.1 Å². The standard InChI is InChI=1S/C21H24BrN3OS/c1-4-24(5-2)13-14-25(20(26)16-9-11-17(22)12-10-16)21-23-19-15(3)7-6-8-18(19)27-21/h6-12H,4-5,13-14H2,1-3H3. The van der Waals surface area contributed by atoms with E-state index in [1.807, 2.05) is 35.2 Å². The van der Waals surface area contributed by atoms with Crippen molar-refractivity contribution in [2.24, 2.45) is 0 Å². The minimum absolute atomic E-state index is 0.00800. The summed E-state index contributed by atoms with van der Waals surface area (Å²) < 4.78 is 2.07. The molecular formula is C21H24BrN3OS. The van der Waals surface area contributed by atoms with Crippen molar-refractivity contribution < 1.29 is 4.79 Å². The van der Waals surface area contributed by atoms with Crippen LogP contribution in [0, 0.1) is 6.92 Å². The molecule has 3 rings (SSSR count). The van der Waals surface area contributed by atoms with E-state index in [0.717, 1.165) is 45.0 Å². The summed E-state index contributed by atoms with van der Waals surface area (Å²) in [5, 5.41) is 0.763. The molecule has 0 fully saturated rings. The molecule has 0 radical (unpaired) electrons. The van der Waals surface area contributed by atoms with E-state index < -0.39 is 0 Å². The van der Waals surface area contributed by atoms with Gasteiger partial charge >= 0.3 is 0 Å². The maximum absolute atomic E-state index is 13.3. The Morgan fingerprint density at radius 2 is 1.78 bits per heavy atom. The average Bonchev–Trinajstić information content (AvgIpc) is 3.11. The number of carbonyl (C=O) groups is 1. The number of likely N-dealkylation sites (N-methyl/N-ethyl adjacent to an activating group) is 1. The third-order valence-corrected chi connectivity index (χ3v) is 6.28. The fraction of sp³-hybridized carbons (Fsp3) is 0.333. The second-order valence-corrected chi connectivity index (χ2v) is 8.33. The number of fused-ring (bicyclic) bond motifs is 1. The van der Waals surface area contributed by atoms with Crippen LogP contribution in [-0.2, 0) is 0 Å². The van der Waals surface area contributed by atoms with Crippen molar-refractivity contribution in [1.82, 2.24) is 9.88 Å². The van der Waals surface area contributed by atoms with E-state index in [-0.39, 0.29) is 5.91 Å². The highest BCUT2D eigenvalue weighted by Gasteiger charge is 2.22.